The Bertz CT molecular complexity index is 1080. The van der Waals surface area contributed by atoms with Crippen molar-refractivity contribution in [2.45, 2.75) is 51.6 Å². The molecular formula is C26H28N2O3. The molecule has 0 amide bonds. The van der Waals surface area contributed by atoms with E-state index < -0.39 is 5.60 Å². The zero-order valence-corrected chi connectivity index (χ0v) is 18.0. The van der Waals surface area contributed by atoms with Crippen LogP contribution in [-0.2, 0) is 17.6 Å². The van der Waals surface area contributed by atoms with Crippen molar-refractivity contribution in [2.24, 2.45) is 5.92 Å². The highest BCUT2D eigenvalue weighted by Gasteiger charge is 2.34. The zero-order chi connectivity index (χ0) is 22.0. The van der Waals surface area contributed by atoms with Gasteiger partial charge in [0, 0.05) is 54.4 Å². The Labute approximate surface area is 182 Å². The number of benzene rings is 1. The zero-order valence-electron chi connectivity index (χ0n) is 18.0. The van der Waals surface area contributed by atoms with Gasteiger partial charge in [-0.25, -0.2) is 0 Å². The first-order valence-electron chi connectivity index (χ1n) is 10.8. The number of aromatic nitrogens is 2. The van der Waals surface area contributed by atoms with Gasteiger partial charge in [0.15, 0.2) is 5.78 Å². The van der Waals surface area contributed by atoms with Crippen LogP contribution in [0.15, 0.2) is 54.9 Å². The lowest BCUT2D eigenvalue weighted by Crippen LogP contribution is -2.29. The van der Waals surface area contributed by atoms with Gasteiger partial charge in [-0.2, -0.15) is 0 Å². The van der Waals surface area contributed by atoms with Crippen LogP contribution in [0.1, 0.15) is 60.3 Å². The summed E-state index contributed by atoms with van der Waals surface area (Å²) in [6, 6.07) is 14.0. The maximum absolute atomic E-state index is 13.2. The summed E-state index contributed by atoms with van der Waals surface area (Å²) in [5.41, 5.74) is 4.72. The average Bonchev–Trinajstić information content (AvgIpc) is 3.11. The molecule has 31 heavy (non-hydrogen) atoms. The number of H-pyrrole nitrogens is 1. The maximum Gasteiger partial charge on any atom is 0.165 e. The fraction of sp³-hybridized carbons (Fsp3) is 0.346. The van der Waals surface area contributed by atoms with Gasteiger partial charge in [0.05, 0.1) is 11.3 Å². The van der Waals surface area contributed by atoms with Crippen LogP contribution in [-0.4, -0.2) is 32.2 Å². The Kier molecular flexibility index (Phi) is 5.88. The molecule has 1 aliphatic carbocycles. The number of carbonyl (C=O) groups is 2. The summed E-state index contributed by atoms with van der Waals surface area (Å²) >= 11 is 0. The number of aliphatic hydroxyl groups is 1. The number of hydrogen-bond donors (Lipinski definition) is 2. The number of fused-ring (bicyclic) bond motifs is 1. The molecule has 0 saturated carbocycles. The fourth-order valence-corrected chi connectivity index (χ4v) is 4.33. The molecule has 1 aromatic carbocycles. The maximum atomic E-state index is 13.2. The lowest BCUT2D eigenvalue weighted by Gasteiger charge is -2.23. The molecule has 0 aliphatic heterocycles. The van der Waals surface area contributed by atoms with Crippen LogP contribution in [0.4, 0.5) is 0 Å². The van der Waals surface area contributed by atoms with Gasteiger partial charge in [-0.15, -0.1) is 0 Å². The van der Waals surface area contributed by atoms with Crippen molar-refractivity contribution < 1.29 is 14.7 Å². The second-order valence-corrected chi connectivity index (χ2v) is 9.04. The lowest BCUT2D eigenvalue weighted by molar-refractivity contribution is -0.124. The number of nitrogens with zero attached hydrogens (tertiary/aromatic N) is 1. The second kappa shape index (κ2) is 8.60. The minimum absolute atomic E-state index is 0.0188. The van der Waals surface area contributed by atoms with Gasteiger partial charge >= 0.3 is 0 Å². The molecule has 3 aromatic rings. The van der Waals surface area contributed by atoms with E-state index in [9.17, 15) is 14.7 Å². The third-order valence-corrected chi connectivity index (χ3v) is 5.97. The molecule has 1 aliphatic rings. The molecule has 1 unspecified atom stereocenters. The molecule has 5 heteroatoms. The highest BCUT2D eigenvalue weighted by molar-refractivity contribution is 6.04. The standard InChI is InChI=1S/C26H28N2O3/c1-26(2,31)11-8-22(29)19-15-21-24(23(30)16-19)20(14-17-6-4-3-5-7-17)25(28-21)18-9-12-27-13-10-18/h3-7,9-10,12-13,19,28,31H,8,11,14-16H2,1-2H3. The predicted molar refractivity (Wildman–Crippen MR) is 120 cm³/mol. The van der Waals surface area contributed by atoms with Gasteiger partial charge < -0.3 is 10.1 Å². The summed E-state index contributed by atoms with van der Waals surface area (Å²) in [7, 11) is 0. The van der Waals surface area contributed by atoms with E-state index in [1.54, 1.807) is 26.2 Å². The van der Waals surface area contributed by atoms with E-state index in [1.165, 1.54) is 0 Å². The van der Waals surface area contributed by atoms with Gasteiger partial charge in [-0.3, -0.25) is 14.6 Å². The molecule has 5 nitrogen and oxygen atoms in total. The smallest absolute Gasteiger partial charge is 0.165 e. The van der Waals surface area contributed by atoms with Crippen molar-refractivity contribution in [1.29, 1.82) is 0 Å². The van der Waals surface area contributed by atoms with Crippen molar-refractivity contribution in [3.8, 4) is 11.3 Å². The SMILES string of the molecule is CC(C)(O)CCC(=O)C1CC(=O)c2c([nH]c(-c3ccncc3)c2Cc2ccccc2)C1. The number of ketones is 2. The van der Waals surface area contributed by atoms with E-state index in [0.717, 1.165) is 33.6 Å². The summed E-state index contributed by atoms with van der Waals surface area (Å²) < 4.78 is 0. The van der Waals surface area contributed by atoms with Crippen LogP contribution in [0, 0.1) is 5.92 Å². The third-order valence-electron chi connectivity index (χ3n) is 5.97. The molecule has 160 valence electrons. The Morgan fingerprint density at radius 2 is 1.84 bits per heavy atom. The number of nitrogens with one attached hydrogen (secondary N) is 1. The van der Waals surface area contributed by atoms with Gasteiger partial charge in [-0.1, -0.05) is 30.3 Å². The summed E-state index contributed by atoms with van der Waals surface area (Å²) in [4.78, 5) is 33.6. The molecule has 0 bridgehead atoms. The third kappa shape index (κ3) is 4.83. The minimum Gasteiger partial charge on any atom is -0.390 e. The molecule has 0 radical (unpaired) electrons. The number of hydrogen-bond acceptors (Lipinski definition) is 4. The van der Waals surface area contributed by atoms with Crippen LogP contribution in [0.2, 0.25) is 0 Å². The van der Waals surface area contributed by atoms with E-state index in [0.29, 0.717) is 19.3 Å². The van der Waals surface area contributed by atoms with Crippen molar-refractivity contribution in [3.05, 3.63) is 77.2 Å². The molecule has 2 aromatic heterocycles. The Morgan fingerprint density at radius 3 is 2.52 bits per heavy atom. The van der Waals surface area contributed by atoms with Crippen LogP contribution < -0.4 is 0 Å². The molecule has 2 N–H and O–H groups in total. The van der Waals surface area contributed by atoms with E-state index in [1.807, 2.05) is 30.3 Å². The monoisotopic (exact) mass is 416 g/mol. The minimum atomic E-state index is -0.886. The first-order chi connectivity index (χ1) is 14.8. The van der Waals surface area contributed by atoms with Crippen LogP contribution in [0.5, 0.6) is 0 Å². The van der Waals surface area contributed by atoms with E-state index in [-0.39, 0.29) is 30.3 Å². The van der Waals surface area contributed by atoms with Crippen LogP contribution in [0.25, 0.3) is 11.3 Å². The highest BCUT2D eigenvalue weighted by Crippen LogP contribution is 2.36. The largest absolute Gasteiger partial charge is 0.390 e. The summed E-state index contributed by atoms with van der Waals surface area (Å²) in [6.07, 6.45) is 5.57. The van der Waals surface area contributed by atoms with Gasteiger partial charge in [-0.05, 0) is 49.9 Å². The molecular weight excluding hydrogens is 388 g/mol. The van der Waals surface area contributed by atoms with Crippen molar-refractivity contribution in [3.63, 3.8) is 0 Å². The Hall–Kier alpha value is -3.05. The summed E-state index contributed by atoms with van der Waals surface area (Å²) in [5, 5.41) is 9.95. The number of carbonyl (C=O) groups excluding carboxylic acids is 2. The van der Waals surface area contributed by atoms with E-state index >= 15 is 0 Å². The first-order valence-corrected chi connectivity index (χ1v) is 10.8. The van der Waals surface area contributed by atoms with E-state index in [2.05, 4.69) is 22.1 Å². The van der Waals surface area contributed by atoms with Gasteiger partial charge in [0.25, 0.3) is 0 Å². The first kappa shape index (κ1) is 21.2. The quantitative estimate of drug-likeness (QED) is 0.593. The van der Waals surface area contributed by atoms with Crippen LogP contribution in [0.3, 0.4) is 0 Å². The fourth-order valence-electron chi connectivity index (χ4n) is 4.33. The number of rotatable bonds is 7. The molecule has 0 saturated heterocycles. The molecule has 4 rings (SSSR count). The molecule has 2 heterocycles. The Morgan fingerprint density at radius 1 is 1.13 bits per heavy atom. The normalized spacial score (nSPS) is 16.2. The van der Waals surface area contributed by atoms with Crippen molar-refractivity contribution in [2.75, 3.05) is 0 Å². The molecule has 0 spiro atoms. The second-order valence-electron chi connectivity index (χ2n) is 9.04. The Balaban J connectivity index is 1.69. The number of aromatic amines is 1. The predicted octanol–water partition coefficient (Wildman–Crippen LogP) is 4.53. The van der Waals surface area contributed by atoms with Crippen molar-refractivity contribution >= 4 is 11.6 Å². The molecule has 0 fully saturated rings. The number of Topliss-reactive ketones (excluding diaryl/α,β-unsaturated/α-hetero) is 2. The van der Waals surface area contributed by atoms with Crippen molar-refractivity contribution in [1.82, 2.24) is 9.97 Å². The topological polar surface area (TPSA) is 83.0 Å². The highest BCUT2D eigenvalue weighted by atomic mass is 16.3. The number of pyridine rings is 1. The van der Waals surface area contributed by atoms with Gasteiger partial charge in [0.2, 0.25) is 0 Å². The lowest BCUT2D eigenvalue weighted by atomic mass is 9.80. The summed E-state index contributed by atoms with van der Waals surface area (Å²) in [5.74, 6) is -0.271. The molecule has 1 atom stereocenters. The summed E-state index contributed by atoms with van der Waals surface area (Å²) in [6.45, 7) is 3.40. The van der Waals surface area contributed by atoms with Gasteiger partial charge in [0.1, 0.15) is 5.78 Å². The van der Waals surface area contributed by atoms with Crippen LogP contribution >= 0.6 is 0 Å². The average molecular weight is 417 g/mol. The van der Waals surface area contributed by atoms with E-state index in [4.69, 9.17) is 0 Å².